The van der Waals surface area contributed by atoms with Crippen LogP contribution in [0, 0.1) is 0 Å². The Bertz CT molecular complexity index is 601. The molecule has 0 bridgehead atoms. The van der Waals surface area contributed by atoms with Gasteiger partial charge in [-0.25, -0.2) is 0 Å². The second-order valence-electron chi connectivity index (χ2n) is 4.79. The van der Waals surface area contributed by atoms with E-state index in [0.717, 1.165) is 27.7 Å². The molecule has 0 heterocycles. The van der Waals surface area contributed by atoms with Crippen LogP contribution in [0.3, 0.4) is 0 Å². The van der Waals surface area contributed by atoms with E-state index in [1.54, 1.807) is 7.11 Å². The van der Waals surface area contributed by atoms with Crippen molar-refractivity contribution < 1.29 is 4.74 Å². The molecule has 0 amide bonds. The number of nitrogens with one attached hydrogen (secondary N) is 1. The highest BCUT2D eigenvalue weighted by Crippen LogP contribution is 2.30. The summed E-state index contributed by atoms with van der Waals surface area (Å²) in [7, 11) is 1.70. The maximum atomic E-state index is 5.33. The molecule has 4 heteroatoms. The Morgan fingerprint density at radius 2 is 1.86 bits per heavy atom. The average molecular weight is 413 g/mol. The van der Waals surface area contributed by atoms with Gasteiger partial charge in [0.15, 0.2) is 0 Å². The fourth-order valence-electron chi connectivity index (χ4n) is 2.35. The summed E-state index contributed by atoms with van der Waals surface area (Å²) >= 11 is 7.29. The molecule has 2 aromatic carbocycles. The van der Waals surface area contributed by atoms with Gasteiger partial charge in [0.1, 0.15) is 5.75 Å². The number of halogens is 2. The maximum Gasteiger partial charge on any atom is 0.119 e. The SMILES string of the molecule is CCNC(Cc1cc(OC)ccc1Br)c1ccccc1Br. The number of hydrogen-bond donors (Lipinski definition) is 1. The van der Waals surface area contributed by atoms with Crippen molar-refractivity contribution in [2.75, 3.05) is 13.7 Å². The van der Waals surface area contributed by atoms with Crippen LogP contribution in [0.4, 0.5) is 0 Å². The fraction of sp³-hybridized carbons (Fsp3) is 0.294. The Balaban J connectivity index is 2.30. The lowest BCUT2D eigenvalue weighted by Crippen LogP contribution is -2.23. The van der Waals surface area contributed by atoms with Crippen molar-refractivity contribution in [2.45, 2.75) is 19.4 Å². The molecule has 2 rings (SSSR count). The van der Waals surface area contributed by atoms with Gasteiger partial charge in [-0.1, -0.05) is 57.0 Å². The first-order valence-corrected chi connectivity index (χ1v) is 8.54. The molecule has 1 atom stereocenters. The summed E-state index contributed by atoms with van der Waals surface area (Å²) < 4.78 is 7.57. The standard InChI is InChI=1S/C17H19Br2NO/c1-3-20-17(14-6-4-5-7-16(14)19)11-12-10-13(21-2)8-9-15(12)18/h4-10,17,20H,3,11H2,1-2H3. The summed E-state index contributed by atoms with van der Waals surface area (Å²) in [5.74, 6) is 0.885. The summed E-state index contributed by atoms with van der Waals surface area (Å²) in [5.41, 5.74) is 2.50. The lowest BCUT2D eigenvalue weighted by Gasteiger charge is -2.21. The van der Waals surface area contributed by atoms with Crippen LogP contribution in [-0.2, 0) is 6.42 Å². The molecule has 0 aliphatic rings. The van der Waals surface area contributed by atoms with E-state index in [9.17, 15) is 0 Å². The van der Waals surface area contributed by atoms with Crippen LogP contribution >= 0.6 is 31.9 Å². The topological polar surface area (TPSA) is 21.3 Å². The first kappa shape index (κ1) is 16.5. The van der Waals surface area contributed by atoms with Gasteiger partial charge in [0.2, 0.25) is 0 Å². The van der Waals surface area contributed by atoms with Gasteiger partial charge < -0.3 is 10.1 Å². The summed E-state index contributed by atoms with van der Waals surface area (Å²) in [4.78, 5) is 0. The monoisotopic (exact) mass is 411 g/mol. The Morgan fingerprint density at radius 3 is 2.52 bits per heavy atom. The lowest BCUT2D eigenvalue weighted by atomic mass is 9.98. The van der Waals surface area contributed by atoms with Crippen LogP contribution in [0.1, 0.15) is 24.1 Å². The molecule has 112 valence electrons. The highest BCUT2D eigenvalue weighted by atomic mass is 79.9. The zero-order valence-corrected chi connectivity index (χ0v) is 15.4. The zero-order chi connectivity index (χ0) is 15.2. The maximum absolute atomic E-state index is 5.33. The molecule has 21 heavy (non-hydrogen) atoms. The number of benzene rings is 2. The van der Waals surface area contributed by atoms with E-state index in [1.165, 1.54) is 11.1 Å². The van der Waals surface area contributed by atoms with E-state index in [2.05, 4.69) is 68.4 Å². The molecule has 1 N–H and O–H groups in total. The van der Waals surface area contributed by atoms with Gasteiger partial charge in [0.25, 0.3) is 0 Å². The second kappa shape index (κ2) is 7.97. The molecule has 0 aliphatic heterocycles. The van der Waals surface area contributed by atoms with Gasteiger partial charge in [-0.3, -0.25) is 0 Å². The van der Waals surface area contributed by atoms with Crippen LogP contribution in [-0.4, -0.2) is 13.7 Å². The van der Waals surface area contributed by atoms with E-state index < -0.39 is 0 Å². The van der Waals surface area contributed by atoms with Crippen LogP contribution in [0.2, 0.25) is 0 Å². The lowest BCUT2D eigenvalue weighted by molar-refractivity contribution is 0.413. The summed E-state index contributed by atoms with van der Waals surface area (Å²) in [6, 6.07) is 14.7. The molecule has 0 radical (unpaired) electrons. The molecule has 0 aromatic heterocycles. The van der Waals surface area contributed by atoms with Crippen LogP contribution < -0.4 is 10.1 Å². The average Bonchev–Trinajstić information content (AvgIpc) is 2.49. The van der Waals surface area contributed by atoms with Gasteiger partial charge in [0.05, 0.1) is 7.11 Å². The third-order valence-corrected chi connectivity index (χ3v) is 4.90. The van der Waals surface area contributed by atoms with E-state index in [4.69, 9.17) is 4.74 Å². The quantitative estimate of drug-likeness (QED) is 0.711. The second-order valence-corrected chi connectivity index (χ2v) is 6.50. The zero-order valence-electron chi connectivity index (χ0n) is 12.2. The molecule has 0 fully saturated rings. The minimum Gasteiger partial charge on any atom is -0.497 e. The van der Waals surface area contributed by atoms with Crippen molar-refractivity contribution in [3.63, 3.8) is 0 Å². The third kappa shape index (κ3) is 4.31. The molecule has 2 nitrogen and oxygen atoms in total. The predicted octanol–water partition coefficient (Wildman–Crippen LogP) is 5.11. The molecule has 0 saturated heterocycles. The van der Waals surface area contributed by atoms with E-state index >= 15 is 0 Å². The van der Waals surface area contributed by atoms with Crippen molar-refractivity contribution in [1.82, 2.24) is 5.32 Å². The Kier molecular flexibility index (Phi) is 6.27. The van der Waals surface area contributed by atoms with Gasteiger partial charge in [-0.15, -0.1) is 0 Å². The molecular weight excluding hydrogens is 394 g/mol. The van der Waals surface area contributed by atoms with Gasteiger partial charge >= 0.3 is 0 Å². The smallest absolute Gasteiger partial charge is 0.119 e. The summed E-state index contributed by atoms with van der Waals surface area (Å²) in [5, 5.41) is 3.56. The predicted molar refractivity (Wildman–Crippen MR) is 95.0 cm³/mol. The molecule has 2 aromatic rings. The van der Waals surface area contributed by atoms with Crippen molar-refractivity contribution in [3.8, 4) is 5.75 Å². The summed E-state index contributed by atoms with van der Waals surface area (Å²) in [6.45, 7) is 3.05. The first-order valence-electron chi connectivity index (χ1n) is 6.96. The first-order chi connectivity index (χ1) is 10.2. The molecule has 0 aliphatic carbocycles. The minimum atomic E-state index is 0.258. The molecule has 0 saturated carbocycles. The molecular formula is C17H19Br2NO. The Morgan fingerprint density at radius 1 is 1.10 bits per heavy atom. The van der Waals surface area contributed by atoms with Gasteiger partial charge in [-0.05, 0) is 48.4 Å². The Hall–Kier alpha value is -0.840. The number of rotatable bonds is 6. The molecule has 0 spiro atoms. The largest absolute Gasteiger partial charge is 0.497 e. The highest BCUT2D eigenvalue weighted by molar-refractivity contribution is 9.10. The van der Waals surface area contributed by atoms with Crippen molar-refractivity contribution in [2.24, 2.45) is 0 Å². The number of hydrogen-bond acceptors (Lipinski definition) is 2. The number of ether oxygens (including phenoxy) is 1. The van der Waals surface area contributed by atoms with E-state index in [-0.39, 0.29) is 6.04 Å². The normalized spacial score (nSPS) is 12.2. The van der Waals surface area contributed by atoms with Crippen LogP contribution in [0.25, 0.3) is 0 Å². The minimum absolute atomic E-state index is 0.258. The number of methoxy groups -OCH3 is 1. The van der Waals surface area contributed by atoms with Gasteiger partial charge in [0, 0.05) is 15.0 Å². The third-order valence-electron chi connectivity index (χ3n) is 3.41. The fourth-order valence-corrected chi connectivity index (χ4v) is 3.32. The van der Waals surface area contributed by atoms with Crippen molar-refractivity contribution >= 4 is 31.9 Å². The van der Waals surface area contributed by atoms with Gasteiger partial charge in [-0.2, -0.15) is 0 Å². The van der Waals surface area contributed by atoms with E-state index in [1.807, 2.05) is 18.2 Å². The molecule has 1 unspecified atom stereocenters. The van der Waals surface area contributed by atoms with Crippen molar-refractivity contribution in [1.29, 1.82) is 0 Å². The van der Waals surface area contributed by atoms with Crippen LogP contribution in [0.5, 0.6) is 5.75 Å². The van der Waals surface area contributed by atoms with E-state index in [0.29, 0.717) is 0 Å². The van der Waals surface area contributed by atoms with Crippen LogP contribution in [0.15, 0.2) is 51.4 Å². The highest BCUT2D eigenvalue weighted by Gasteiger charge is 2.15. The summed E-state index contributed by atoms with van der Waals surface area (Å²) in [6.07, 6.45) is 0.897. The Labute approximate surface area is 143 Å². The number of likely N-dealkylation sites (N-methyl/N-ethyl adjacent to an activating group) is 1. The van der Waals surface area contributed by atoms with Crippen molar-refractivity contribution in [3.05, 3.63) is 62.5 Å².